The molecule has 0 amide bonds. The highest BCUT2D eigenvalue weighted by Gasteiger charge is 2.19. The van der Waals surface area contributed by atoms with Gasteiger partial charge in [-0.25, -0.2) is 13.8 Å². The molecule has 0 bridgehead atoms. The molecule has 3 aromatic heterocycles. The largest absolute Gasteiger partial charge is 0.336 e. The summed E-state index contributed by atoms with van der Waals surface area (Å²) >= 11 is 0. The second kappa shape index (κ2) is 6.74. The van der Waals surface area contributed by atoms with E-state index in [9.17, 15) is 8.78 Å². The summed E-state index contributed by atoms with van der Waals surface area (Å²) in [5.74, 6) is -1.34. The van der Waals surface area contributed by atoms with Crippen molar-refractivity contribution in [3.8, 4) is 11.1 Å². The highest BCUT2D eigenvalue weighted by Crippen LogP contribution is 2.33. The quantitative estimate of drug-likeness (QED) is 0.389. The Morgan fingerprint density at radius 2 is 1.72 bits per heavy atom. The molecule has 1 atom stereocenters. The van der Waals surface area contributed by atoms with Crippen LogP contribution >= 0.6 is 0 Å². The molecule has 0 aliphatic carbocycles. The van der Waals surface area contributed by atoms with E-state index in [0.717, 1.165) is 28.2 Å². The Bertz CT molecular complexity index is 1340. The predicted octanol–water partition coefficient (Wildman–Crippen LogP) is 5.87. The van der Waals surface area contributed by atoms with Crippen LogP contribution in [0.3, 0.4) is 0 Å². The van der Waals surface area contributed by atoms with Gasteiger partial charge >= 0.3 is 0 Å². The Labute approximate surface area is 164 Å². The molecule has 6 heteroatoms. The van der Waals surface area contributed by atoms with Gasteiger partial charge < -0.3 is 4.52 Å². The third-order valence-corrected chi connectivity index (χ3v) is 5.09. The molecule has 0 saturated heterocycles. The first-order valence-electron chi connectivity index (χ1n) is 9.15. The summed E-state index contributed by atoms with van der Waals surface area (Å²) < 4.78 is 32.7. The minimum absolute atomic E-state index is 0.0675. The normalized spacial score (nSPS) is 12.5. The lowest BCUT2D eigenvalue weighted by molar-refractivity contribution is 0.436. The molecule has 5 rings (SSSR count). The fourth-order valence-corrected chi connectivity index (χ4v) is 3.56. The van der Waals surface area contributed by atoms with Crippen LogP contribution in [0, 0.1) is 11.6 Å². The minimum atomic E-state index is -0.635. The van der Waals surface area contributed by atoms with Crippen molar-refractivity contribution >= 4 is 22.0 Å². The van der Waals surface area contributed by atoms with E-state index in [1.807, 2.05) is 37.3 Å². The third kappa shape index (κ3) is 3.12. The van der Waals surface area contributed by atoms with Gasteiger partial charge in [0.15, 0.2) is 0 Å². The van der Waals surface area contributed by atoms with Gasteiger partial charge in [0.2, 0.25) is 0 Å². The molecule has 0 spiro atoms. The van der Waals surface area contributed by atoms with Gasteiger partial charge in [0.25, 0.3) is 5.71 Å². The summed E-state index contributed by atoms with van der Waals surface area (Å²) in [4.78, 5) is 8.63. The van der Waals surface area contributed by atoms with E-state index < -0.39 is 11.6 Å². The molecule has 0 aliphatic heterocycles. The summed E-state index contributed by atoms with van der Waals surface area (Å²) in [6.07, 6.45) is 3.29. The van der Waals surface area contributed by atoms with Gasteiger partial charge in [0.1, 0.15) is 17.3 Å². The molecular formula is C23H15F2N3O. The van der Waals surface area contributed by atoms with E-state index in [-0.39, 0.29) is 5.92 Å². The average Bonchev–Trinajstić information content (AvgIpc) is 3.15. The van der Waals surface area contributed by atoms with Crippen molar-refractivity contribution in [1.82, 2.24) is 15.1 Å². The van der Waals surface area contributed by atoms with Gasteiger partial charge in [0, 0.05) is 35.3 Å². The summed E-state index contributed by atoms with van der Waals surface area (Å²) in [7, 11) is 0. The average molecular weight is 387 g/mol. The number of pyridine rings is 2. The van der Waals surface area contributed by atoms with Crippen LogP contribution in [0.25, 0.3) is 33.1 Å². The Morgan fingerprint density at radius 1 is 0.897 bits per heavy atom. The first-order valence-corrected chi connectivity index (χ1v) is 9.15. The molecule has 0 N–H and O–H groups in total. The smallest absolute Gasteiger partial charge is 0.257 e. The highest BCUT2D eigenvalue weighted by atomic mass is 19.1. The van der Waals surface area contributed by atoms with Crippen LogP contribution < -0.4 is 0 Å². The summed E-state index contributed by atoms with van der Waals surface area (Å²) in [6, 6.07) is 15.2. The Hall–Kier alpha value is -3.67. The fraction of sp³-hybridized carbons (Fsp3) is 0.0870. The number of halogens is 2. The zero-order valence-electron chi connectivity index (χ0n) is 15.4. The number of rotatable bonds is 3. The second-order valence-corrected chi connectivity index (χ2v) is 6.98. The standard InChI is InChI=1S/C23H15F2N3O/c1-13(14-4-5-21-15(7-14)3-2-6-26-21)22-20-10-17(12-27-23(20)29-28-22)16-8-18(24)11-19(25)9-16/h2-13H,1H3. The maximum atomic E-state index is 13.6. The fourth-order valence-electron chi connectivity index (χ4n) is 3.56. The number of nitrogens with zero attached hydrogens (tertiary/aromatic N) is 3. The first-order chi connectivity index (χ1) is 14.1. The molecular weight excluding hydrogens is 372 g/mol. The van der Waals surface area contributed by atoms with Crippen molar-refractivity contribution in [3.05, 3.63) is 89.9 Å². The number of hydrogen-bond donors (Lipinski definition) is 0. The molecule has 142 valence electrons. The van der Waals surface area contributed by atoms with Gasteiger partial charge in [-0.05, 0) is 47.5 Å². The van der Waals surface area contributed by atoms with Crippen molar-refractivity contribution in [2.24, 2.45) is 0 Å². The maximum absolute atomic E-state index is 13.6. The van der Waals surface area contributed by atoms with Gasteiger partial charge in [0.05, 0.1) is 10.9 Å². The molecule has 0 fully saturated rings. The van der Waals surface area contributed by atoms with Crippen molar-refractivity contribution in [2.45, 2.75) is 12.8 Å². The van der Waals surface area contributed by atoms with Crippen LogP contribution in [-0.4, -0.2) is 15.1 Å². The predicted molar refractivity (Wildman–Crippen MR) is 106 cm³/mol. The lowest BCUT2D eigenvalue weighted by Crippen LogP contribution is -1.97. The summed E-state index contributed by atoms with van der Waals surface area (Å²) in [5.41, 5.74) is 4.08. The molecule has 0 radical (unpaired) electrons. The number of fused-ring (bicyclic) bond motifs is 2. The highest BCUT2D eigenvalue weighted by molar-refractivity contribution is 5.83. The molecule has 0 aliphatic rings. The maximum Gasteiger partial charge on any atom is 0.257 e. The zero-order chi connectivity index (χ0) is 20.0. The Kier molecular flexibility index (Phi) is 4.05. The lowest BCUT2D eigenvalue weighted by Gasteiger charge is -2.10. The van der Waals surface area contributed by atoms with Gasteiger partial charge in [-0.1, -0.05) is 24.2 Å². The van der Waals surface area contributed by atoms with Gasteiger partial charge in [-0.15, -0.1) is 0 Å². The first kappa shape index (κ1) is 17.4. The zero-order valence-corrected chi connectivity index (χ0v) is 15.4. The monoisotopic (exact) mass is 387 g/mol. The molecule has 0 saturated carbocycles. The van der Waals surface area contributed by atoms with Crippen molar-refractivity contribution in [1.29, 1.82) is 0 Å². The molecule has 29 heavy (non-hydrogen) atoms. The van der Waals surface area contributed by atoms with Crippen LogP contribution in [0.4, 0.5) is 8.78 Å². The van der Waals surface area contributed by atoms with E-state index in [0.29, 0.717) is 22.2 Å². The number of hydrogen-bond acceptors (Lipinski definition) is 4. The Morgan fingerprint density at radius 3 is 2.55 bits per heavy atom. The minimum Gasteiger partial charge on any atom is -0.336 e. The van der Waals surface area contributed by atoms with Crippen molar-refractivity contribution in [2.75, 3.05) is 0 Å². The Balaban J connectivity index is 1.60. The molecule has 4 nitrogen and oxygen atoms in total. The van der Waals surface area contributed by atoms with E-state index in [4.69, 9.17) is 4.52 Å². The van der Waals surface area contributed by atoms with Crippen LogP contribution in [0.15, 0.2) is 71.5 Å². The van der Waals surface area contributed by atoms with E-state index in [1.165, 1.54) is 18.3 Å². The van der Waals surface area contributed by atoms with Crippen molar-refractivity contribution < 1.29 is 13.3 Å². The van der Waals surface area contributed by atoms with E-state index in [1.54, 1.807) is 6.20 Å². The second-order valence-electron chi connectivity index (χ2n) is 6.98. The number of aromatic nitrogens is 3. The molecule has 1 unspecified atom stereocenters. The van der Waals surface area contributed by atoms with Gasteiger partial charge in [-0.3, -0.25) is 4.98 Å². The van der Waals surface area contributed by atoms with Gasteiger partial charge in [-0.2, -0.15) is 0 Å². The third-order valence-electron chi connectivity index (χ3n) is 5.09. The molecule has 5 aromatic rings. The lowest BCUT2D eigenvalue weighted by atomic mass is 9.94. The SMILES string of the molecule is CC(c1ccc2ncccc2c1)c1noc2ncc(-c3cc(F)cc(F)c3)cc12. The van der Waals surface area contributed by atoms with E-state index >= 15 is 0 Å². The van der Waals surface area contributed by atoms with Crippen LogP contribution in [-0.2, 0) is 0 Å². The van der Waals surface area contributed by atoms with Crippen molar-refractivity contribution in [3.63, 3.8) is 0 Å². The number of benzene rings is 2. The van der Waals surface area contributed by atoms with Crippen LogP contribution in [0.2, 0.25) is 0 Å². The van der Waals surface area contributed by atoms with Crippen LogP contribution in [0.5, 0.6) is 0 Å². The summed E-state index contributed by atoms with van der Waals surface area (Å²) in [5, 5.41) is 5.97. The molecule has 3 heterocycles. The molecule has 2 aromatic carbocycles. The topological polar surface area (TPSA) is 51.8 Å². The summed E-state index contributed by atoms with van der Waals surface area (Å²) in [6.45, 7) is 2.03. The van der Waals surface area contributed by atoms with E-state index in [2.05, 4.69) is 21.2 Å². The van der Waals surface area contributed by atoms with Crippen LogP contribution in [0.1, 0.15) is 24.1 Å².